The standard InChI is InChI=1S/C11H12ClNO/c1-2-11(14)9-6-13-10-4-3-7(12)5-8(9)10/h3-6,11,13-14H,2H2,1H3. The Morgan fingerprint density at radius 2 is 2.29 bits per heavy atom. The average molecular weight is 210 g/mol. The summed E-state index contributed by atoms with van der Waals surface area (Å²) in [6.45, 7) is 1.95. The lowest BCUT2D eigenvalue weighted by Gasteiger charge is -2.05. The second-order valence-corrected chi connectivity index (χ2v) is 3.79. The molecule has 14 heavy (non-hydrogen) atoms. The zero-order valence-electron chi connectivity index (χ0n) is 7.92. The summed E-state index contributed by atoms with van der Waals surface area (Å²) >= 11 is 5.90. The van der Waals surface area contributed by atoms with Crippen LogP contribution in [0.5, 0.6) is 0 Å². The van der Waals surface area contributed by atoms with Crippen molar-refractivity contribution in [1.82, 2.24) is 4.98 Å². The maximum atomic E-state index is 9.74. The highest BCUT2D eigenvalue weighted by atomic mass is 35.5. The van der Waals surface area contributed by atoms with Gasteiger partial charge in [-0.1, -0.05) is 18.5 Å². The smallest absolute Gasteiger partial charge is 0.0808 e. The van der Waals surface area contributed by atoms with Crippen molar-refractivity contribution in [2.24, 2.45) is 0 Å². The molecule has 1 unspecified atom stereocenters. The van der Waals surface area contributed by atoms with Gasteiger partial charge in [0.15, 0.2) is 0 Å². The molecule has 0 spiro atoms. The van der Waals surface area contributed by atoms with Crippen LogP contribution in [-0.4, -0.2) is 10.1 Å². The predicted molar refractivity (Wildman–Crippen MR) is 58.6 cm³/mol. The van der Waals surface area contributed by atoms with Crippen molar-refractivity contribution in [1.29, 1.82) is 0 Å². The van der Waals surface area contributed by atoms with Gasteiger partial charge >= 0.3 is 0 Å². The summed E-state index contributed by atoms with van der Waals surface area (Å²) in [4.78, 5) is 3.11. The molecular formula is C11H12ClNO. The lowest BCUT2D eigenvalue weighted by Crippen LogP contribution is -1.92. The Bertz CT molecular complexity index is 449. The summed E-state index contributed by atoms with van der Waals surface area (Å²) in [5, 5.41) is 11.4. The Morgan fingerprint density at radius 3 is 3.00 bits per heavy atom. The van der Waals surface area contributed by atoms with Crippen LogP contribution in [0.1, 0.15) is 25.0 Å². The maximum Gasteiger partial charge on any atom is 0.0808 e. The van der Waals surface area contributed by atoms with Crippen molar-refractivity contribution in [3.63, 3.8) is 0 Å². The van der Waals surface area contributed by atoms with E-state index in [0.29, 0.717) is 11.4 Å². The second kappa shape index (κ2) is 3.64. The van der Waals surface area contributed by atoms with Crippen molar-refractivity contribution in [3.05, 3.63) is 35.0 Å². The molecule has 0 aliphatic rings. The highest BCUT2D eigenvalue weighted by Crippen LogP contribution is 2.27. The number of halogens is 1. The van der Waals surface area contributed by atoms with Crippen molar-refractivity contribution in [3.8, 4) is 0 Å². The van der Waals surface area contributed by atoms with Crippen LogP contribution in [0, 0.1) is 0 Å². The third-order valence-electron chi connectivity index (χ3n) is 2.42. The van der Waals surface area contributed by atoms with Gasteiger partial charge in [0.2, 0.25) is 0 Å². The highest BCUT2D eigenvalue weighted by Gasteiger charge is 2.10. The van der Waals surface area contributed by atoms with Crippen LogP contribution < -0.4 is 0 Å². The van der Waals surface area contributed by atoms with Gasteiger partial charge in [-0.3, -0.25) is 0 Å². The van der Waals surface area contributed by atoms with Crippen molar-refractivity contribution in [2.45, 2.75) is 19.4 Å². The van der Waals surface area contributed by atoms with E-state index in [1.165, 1.54) is 0 Å². The average Bonchev–Trinajstić information content (AvgIpc) is 2.59. The Balaban J connectivity index is 2.61. The molecule has 0 bridgehead atoms. The van der Waals surface area contributed by atoms with E-state index < -0.39 is 6.10 Å². The monoisotopic (exact) mass is 209 g/mol. The SMILES string of the molecule is CCC(O)c1c[nH]c2ccc(Cl)cc12. The van der Waals surface area contributed by atoms with Gasteiger partial charge in [-0.05, 0) is 24.6 Å². The van der Waals surface area contributed by atoms with Crippen LogP contribution in [-0.2, 0) is 0 Å². The summed E-state index contributed by atoms with van der Waals surface area (Å²) < 4.78 is 0. The Kier molecular flexibility index (Phi) is 2.48. The first-order valence-electron chi connectivity index (χ1n) is 4.67. The van der Waals surface area contributed by atoms with Crippen LogP contribution in [0.25, 0.3) is 10.9 Å². The number of hydrogen-bond acceptors (Lipinski definition) is 1. The zero-order chi connectivity index (χ0) is 10.1. The fourth-order valence-electron chi connectivity index (χ4n) is 1.61. The normalized spacial score (nSPS) is 13.4. The number of aliphatic hydroxyl groups excluding tert-OH is 1. The van der Waals surface area contributed by atoms with E-state index in [0.717, 1.165) is 16.5 Å². The van der Waals surface area contributed by atoms with Gasteiger partial charge in [0.25, 0.3) is 0 Å². The topological polar surface area (TPSA) is 36.0 Å². The third-order valence-corrected chi connectivity index (χ3v) is 2.66. The van der Waals surface area contributed by atoms with Gasteiger partial charge in [0.05, 0.1) is 6.10 Å². The van der Waals surface area contributed by atoms with Crippen LogP contribution in [0.15, 0.2) is 24.4 Å². The van der Waals surface area contributed by atoms with Crippen LogP contribution in [0.2, 0.25) is 5.02 Å². The van der Waals surface area contributed by atoms with E-state index in [-0.39, 0.29) is 0 Å². The molecule has 3 heteroatoms. The van der Waals surface area contributed by atoms with E-state index >= 15 is 0 Å². The largest absolute Gasteiger partial charge is 0.388 e. The van der Waals surface area contributed by atoms with E-state index in [1.807, 2.05) is 31.3 Å². The summed E-state index contributed by atoms with van der Waals surface area (Å²) in [6, 6.07) is 5.63. The first kappa shape index (κ1) is 9.56. The summed E-state index contributed by atoms with van der Waals surface area (Å²) in [6.07, 6.45) is 2.14. The molecule has 0 saturated carbocycles. The van der Waals surface area contributed by atoms with Gasteiger partial charge < -0.3 is 10.1 Å². The number of benzene rings is 1. The van der Waals surface area contributed by atoms with Crippen molar-refractivity contribution < 1.29 is 5.11 Å². The number of fused-ring (bicyclic) bond motifs is 1. The molecule has 0 saturated heterocycles. The molecule has 0 aliphatic heterocycles. The molecule has 2 rings (SSSR count). The van der Waals surface area contributed by atoms with Crippen molar-refractivity contribution in [2.75, 3.05) is 0 Å². The first-order chi connectivity index (χ1) is 6.72. The first-order valence-corrected chi connectivity index (χ1v) is 5.04. The second-order valence-electron chi connectivity index (χ2n) is 3.36. The molecule has 0 amide bonds. The van der Waals surface area contributed by atoms with Crippen molar-refractivity contribution >= 4 is 22.5 Å². The third kappa shape index (κ3) is 1.51. The Labute approximate surface area is 87.5 Å². The van der Waals surface area contributed by atoms with Gasteiger partial charge in [-0.15, -0.1) is 0 Å². The molecule has 2 N–H and O–H groups in total. The summed E-state index contributed by atoms with van der Waals surface area (Å²) in [7, 11) is 0. The summed E-state index contributed by atoms with van der Waals surface area (Å²) in [5.74, 6) is 0. The fourth-order valence-corrected chi connectivity index (χ4v) is 1.78. The lowest BCUT2D eigenvalue weighted by molar-refractivity contribution is 0.175. The number of hydrogen-bond donors (Lipinski definition) is 2. The number of nitrogens with one attached hydrogen (secondary N) is 1. The maximum absolute atomic E-state index is 9.74. The molecule has 2 aromatic rings. The van der Waals surface area contributed by atoms with Crippen LogP contribution in [0.3, 0.4) is 0 Å². The molecule has 1 aromatic carbocycles. The summed E-state index contributed by atoms with van der Waals surface area (Å²) in [5.41, 5.74) is 1.93. The number of H-pyrrole nitrogens is 1. The van der Waals surface area contributed by atoms with Gasteiger partial charge in [-0.25, -0.2) is 0 Å². The quantitative estimate of drug-likeness (QED) is 0.783. The molecular weight excluding hydrogens is 198 g/mol. The number of aromatic amines is 1. The molecule has 2 nitrogen and oxygen atoms in total. The minimum absolute atomic E-state index is 0.415. The fraction of sp³-hybridized carbons (Fsp3) is 0.273. The molecule has 74 valence electrons. The van der Waals surface area contributed by atoms with E-state index in [1.54, 1.807) is 0 Å². The molecule has 0 aliphatic carbocycles. The molecule has 1 atom stereocenters. The molecule has 1 aromatic heterocycles. The van der Waals surface area contributed by atoms with Gasteiger partial charge in [-0.2, -0.15) is 0 Å². The highest BCUT2D eigenvalue weighted by molar-refractivity contribution is 6.31. The molecule has 1 heterocycles. The predicted octanol–water partition coefficient (Wildman–Crippen LogP) is 3.26. The zero-order valence-corrected chi connectivity index (χ0v) is 8.67. The minimum Gasteiger partial charge on any atom is -0.388 e. The van der Waals surface area contributed by atoms with Crippen LogP contribution in [0.4, 0.5) is 0 Å². The Morgan fingerprint density at radius 1 is 1.50 bits per heavy atom. The molecule has 0 fully saturated rings. The number of rotatable bonds is 2. The lowest BCUT2D eigenvalue weighted by atomic mass is 10.1. The number of aliphatic hydroxyl groups is 1. The minimum atomic E-state index is -0.415. The van der Waals surface area contributed by atoms with E-state index in [9.17, 15) is 5.11 Å². The van der Waals surface area contributed by atoms with Gasteiger partial charge in [0, 0.05) is 27.7 Å². The van der Waals surface area contributed by atoms with Gasteiger partial charge in [0.1, 0.15) is 0 Å². The van der Waals surface area contributed by atoms with E-state index in [4.69, 9.17) is 11.6 Å². The molecule has 0 radical (unpaired) electrons. The van der Waals surface area contributed by atoms with E-state index in [2.05, 4.69) is 4.98 Å². The van der Waals surface area contributed by atoms with Crippen LogP contribution >= 0.6 is 11.6 Å². The Hall–Kier alpha value is -0.990. The number of aromatic nitrogens is 1.